The Balaban J connectivity index is 5.88. The lowest BCUT2D eigenvalue weighted by Gasteiger charge is -2.43. The second-order valence-electron chi connectivity index (χ2n) is 8.34. The summed E-state index contributed by atoms with van der Waals surface area (Å²) in [6.45, 7) is 11.0. The lowest BCUT2D eigenvalue weighted by Crippen LogP contribution is -2.58. The van der Waals surface area contributed by atoms with E-state index in [1.807, 2.05) is 0 Å². The molecule has 0 rings (SSSR count). The van der Waals surface area contributed by atoms with Crippen LogP contribution in [0.4, 0.5) is 26.3 Å². The highest BCUT2D eigenvalue weighted by atomic mass is 28.4. The topological polar surface area (TPSA) is 27.7 Å². The highest BCUT2D eigenvalue weighted by Gasteiger charge is 2.62. The highest BCUT2D eigenvalue weighted by Crippen LogP contribution is 2.46. The van der Waals surface area contributed by atoms with E-state index in [2.05, 4.69) is 0 Å². The first-order valence-electron chi connectivity index (χ1n) is 8.36. The number of rotatable bonds is 9. The fourth-order valence-electron chi connectivity index (χ4n) is 2.49. The molecule has 0 bridgehead atoms. The van der Waals surface area contributed by atoms with Gasteiger partial charge in [0.1, 0.15) is 5.60 Å². The number of alkyl halides is 6. The van der Waals surface area contributed by atoms with Crippen LogP contribution in [0.2, 0.25) is 39.3 Å². The average Bonchev–Trinajstić information content (AvgIpc) is 2.29. The quantitative estimate of drug-likeness (QED) is 0.253. The lowest BCUT2D eigenvalue weighted by atomic mass is 9.95. The van der Waals surface area contributed by atoms with Gasteiger partial charge in [-0.15, -0.1) is 0 Å². The van der Waals surface area contributed by atoms with Crippen LogP contribution < -0.4 is 0 Å². The summed E-state index contributed by atoms with van der Waals surface area (Å²) in [5.41, 5.74) is -2.71. The zero-order chi connectivity index (χ0) is 21.2. The Morgan fingerprint density at radius 1 is 0.692 bits per heavy atom. The predicted molar refractivity (Wildman–Crippen MR) is 93.0 cm³/mol. The Hall–Kier alpha value is -0.106. The average molecular weight is 429 g/mol. The van der Waals surface area contributed by atoms with Gasteiger partial charge in [0.25, 0.3) is 5.79 Å². The third kappa shape index (κ3) is 7.49. The number of ether oxygens (including phenoxy) is 1. The third-order valence-electron chi connectivity index (χ3n) is 3.34. The molecule has 2 unspecified atom stereocenters. The van der Waals surface area contributed by atoms with Crippen LogP contribution in [0.3, 0.4) is 0 Å². The Kier molecular flexibility index (Phi) is 8.06. The van der Waals surface area contributed by atoms with Crippen molar-refractivity contribution >= 4 is 16.6 Å². The monoisotopic (exact) mass is 428 g/mol. The normalized spacial score (nSPS) is 19.2. The molecular weight excluding hydrogens is 398 g/mol. The molecule has 0 aromatic heterocycles. The predicted octanol–water partition coefficient (Wildman–Crippen LogP) is 6.09. The largest absolute Gasteiger partial charge is 0.442 e. The summed E-state index contributed by atoms with van der Waals surface area (Å²) in [6.07, 6.45) is -11.7. The fourth-order valence-corrected chi connectivity index (χ4v) is 5.33. The summed E-state index contributed by atoms with van der Waals surface area (Å²) in [4.78, 5) is 0. The molecule has 3 nitrogen and oxygen atoms in total. The lowest BCUT2D eigenvalue weighted by molar-refractivity contribution is -0.362. The molecule has 158 valence electrons. The van der Waals surface area contributed by atoms with Crippen molar-refractivity contribution in [2.24, 2.45) is 0 Å². The van der Waals surface area contributed by atoms with E-state index in [1.165, 1.54) is 26.6 Å². The zero-order valence-electron chi connectivity index (χ0n) is 16.6. The molecule has 0 aromatic rings. The van der Waals surface area contributed by atoms with Crippen LogP contribution >= 0.6 is 0 Å². The Labute approximate surface area is 153 Å². The molecular formula is C15H30F6O3Si2. The molecule has 0 aliphatic heterocycles. The zero-order valence-corrected chi connectivity index (χ0v) is 18.6. The van der Waals surface area contributed by atoms with E-state index in [-0.39, 0.29) is 6.61 Å². The molecule has 0 aromatic carbocycles. The Bertz CT molecular complexity index is 456. The van der Waals surface area contributed by atoms with E-state index in [0.717, 1.165) is 6.92 Å². The van der Waals surface area contributed by atoms with Crippen LogP contribution in [0.5, 0.6) is 0 Å². The summed E-state index contributed by atoms with van der Waals surface area (Å²) >= 11 is 0. The number of hydrogen-bond donors (Lipinski definition) is 0. The van der Waals surface area contributed by atoms with Crippen LogP contribution in [-0.4, -0.2) is 47.0 Å². The van der Waals surface area contributed by atoms with Crippen LogP contribution in [0, 0.1) is 0 Å². The maximum Gasteiger partial charge on any atom is 0.442 e. The molecule has 2 atom stereocenters. The molecule has 0 radical (unpaired) electrons. The molecule has 0 N–H and O–H groups in total. The smallest absolute Gasteiger partial charge is 0.404 e. The van der Waals surface area contributed by atoms with Crippen molar-refractivity contribution in [2.75, 3.05) is 6.61 Å². The van der Waals surface area contributed by atoms with E-state index in [0.29, 0.717) is 0 Å². The van der Waals surface area contributed by atoms with E-state index in [1.54, 1.807) is 19.6 Å². The molecule has 0 saturated heterocycles. The number of halogens is 6. The van der Waals surface area contributed by atoms with Crippen molar-refractivity contribution in [1.82, 2.24) is 0 Å². The van der Waals surface area contributed by atoms with Gasteiger partial charge in [0.2, 0.25) is 0 Å². The minimum absolute atomic E-state index is 0.346. The SMILES string of the molecule is CCOC(CCC(C)(O[Si](C)(C)C)C(F)(F)F)(O[Si](C)(C)C)C(F)(F)F. The summed E-state index contributed by atoms with van der Waals surface area (Å²) in [5, 5.41) is 0. The summed E-state index contributed by atoms with van der Waals surface area (Å²) in [5.74, 6) is -3.08. The maximum atomic E-state index is 13.8. The molecule has 0 heterocycles. The highest BCUT2D eigenvalue weighted by molar-refractivity contribution is 6.70. The molecule has 0 amide bonds. The van der Waals surface area contributed by atoms with Crippen molar-refractivity contribution in [3.63, 3.8) is 0 Å². The van der Waals surface area contributed by atoms with Crippen molar-refractivity contribution in [3.05, 3.63) is 0 Å². The second kappa shape index (κ2) is 8.10. The standard InChI is InChI=1S/C15H30F6O3Si2/c1-9-22-13(15(19,20)21,24-26(6,7)8)11-10-12(2,14(16,17)18)23-25(3,4)5/h9-11H2,1-8H3. The fraction of sp³-hybridized carbons (Fsp3) is 1.00. The summed E-state index contributed by atoms with van der Waals surface area (Å²) in [7, 11) is -5.47. The van der Waals surface area contributed by atoms with Gasteiger partial charge in [-0.05, 0) is 59.6 Å². The van der Waals surface area contributed by atoms with Gasteiger partial charge < -0.3 is 13.6 Å². The minimum atomic E-state index is -4.98. The van der Waals surface area contributed by atoms with Crippen molar-refractivity contribution in [3.8, 4) is 0 Å². The first-order chi connectivity index (χ1) is 11.2. The van der Waals surface area contributed by atoms with Gasteiger partial charge in [0, 0.05) is 13.0 Å². The number of hydrogen-bond acceptors (Lipinski definition) is 3. The third-order valence-corrected chi connectivity index (χ3v) is 5.35. The van der Waals surface area contributed by atoms with Gasteiger partial charge in [-0.25, -0.2) is 0 Å². The van der Waals surface area contributed by atoms with Gasteiger partial charge >= 0.3 is 12.4 Å². The van der Waals surface area contributed by atoms with E-state index >= 15 is 0 Å². The first kappa shape index (κ1) is 25.9. The molecule has 0 saturated carbocycles. The van der Waals surface area contributed by atoms with Crippen molar-refractivity contribution in [1.29, 1.82) is 0 Å². The second-order valence-corrected chi connectivity index (χ2v) is 17.2. The maximum absolute atomic E-state index is 13.8. The summed E-state index contributed by atoms with van der Waals surface area (Å²) in [6, 6.07) is 0. The van der Waals surface area contributed by atoms with Crippen molar-refractivity contribution in [2.45, 2.75) is 89.7 Å². The molecule has 0 aliphatic carbocycles. The molecule has 11 heteroatoms. The molecule has 0 aliphatic rings. The van der Waals surface area contributed by atoms with Gasteiger partial charge in [0.15, 0.2) is 16.6 Å². The van der Waals surface area contributed by atoms with Gasteiger partial charge in [0.05, 0.1) is 0 Å². The first-order valence-corrected chi connectivity index (χ1v) is 15.2. The summed E-state index contributed by atoms with van der Waals surface area (Å²) < 4.78 is 97.4. The van der Waals surface area contributed by atoms with Crippen LogP contribution in [0.15, 0.2) is 0 Å². The van der Waals surface area contributed by atoms with Gasteiger partial charge in [-0.1, -0.05) is 0 Å². The Morgan fingerprint density at radius 2 is 1.12 bits per heavy atom. The van der Waals surface area contributed by atoms with Crippen LogP contribution in [0.25, 0.3) is 0 Å². The van der Waals surface area contributed by atoms with Crippen LogP contribution in [-0.2, 0) is 13.6 Å². The van der Waals surface area contributed by atoms with Gasteiger partial charge in [-0.2, -0.15) is 26.3 Å². The molecule has 0 spiro atoms. The van der Waals surface area contributed by atoms with E-state index in [4.69, 9.17) is 13.6 Å². The minimum Gasteiger partial charge on any atom is -0.404 e. The molecule has 26 heavy (non-hydrogen) atoms. The Morgan fingerprint density at radius 3 is 1.38 bits per heavy atom. The van der Waals surface area contributed by atoms with E-state index < -0.39 is 53.2 Å². The molecule has 0 fully saturated rings. The van der Waals surface area contributed by atoms with E-state index in [9.17, 15) is 26.3 Å². The van der Waals surface area contributed by atoms with Crippen LogP contribution in [0.1, 0.15) is 26.7 Å². The van der Waals surface area contributed by atoms with Gasteiger partial charge in [-0.3, -0.25) is 0 Å². The van der Waals surface area contributed by atoms with Crippen molar-refractivity contribution < 1.29 is 39.9 Å².